The summed E-state index contributed by atoms with van der Waals surface area (Å²) < 4.78 is 0. The lowest BCUT2D eigenvalue weighted by Gasteiger charge is -2.31. The molecule has 0 radical (unpaired) electrons. The maximum Gasteiger partial charge on any atom is 0.274 e. The summed E-state index contributed by atoms with van der Waals surface area (Å²) in [6.45, 7) is 1.27. The molecule has 2 N–H and O–H groups in total. The van der Waals surface area contributed by atoms with Crippen molar-refractivity contribution in [3.8, 4) is 0 Å². The third-order valence-corrected chi connectivity index (χ3v) is 5.48. The van der Waals surface area contributed by atoms with Crippen molar-refractivity contribution >= 4 is 27.7 Å². The first-order valence-corrected chi connectivity index (χ1v) is 9.42. The van der Waals surface area contributed by atoms with Crippen LogP contribution in [0.2, 0.25) is 0 Å². The Labute approximate surface area is 160 Å². The number of fused-ring (bicyclic) bond motifs is 2. The van der Waals surface area contributed by atoms with E-state index in [1.54, 1.807) is 18.2 Å². The SMILES string of the molecule is O=C(c1n[nH]c(=O)c2ccccc12)N1CCC(c2nc3ccccc3[nH]2)CC1. The molecule has 2 aromatic heterocycles. The van der Waals surface area contributed by atoms with Crippen LogP contribution in [0.5, 0.6) is 0 Å². The molecule has 1 aliphatic rings. The van der Waals surface area contributed by atoms with Gasteiger partial charge in [-0.1, -0.05) is 30.3 Å². The van der Waals surface area contributed by atoms with Gasteiger partial charge < -0.3 is 9.88 Å². The predicted molar refractivity (Wildman–Crippen MR) is 106 cm³/mol. The normalized spacial score (nSPS) is 15.4. The molecular weight excluding hydrogens is 354 g/mol. The van der Waals surface area contributed by atoms with E-state index in [4.69, 9.17) is 4.98 Å². The smallest absolute Gasteiger partial charge is 0.274 e. The largest absolute Gasteiger partial charge is 0.342 e. The summed E-state index contributed by atoms with van der Waals surface area (Å²) in [6.07, 6.45) is 1.68. The van der Waals surface area contributed by atoms with Crippen LogP contribution in [0.15, 0.2) is 53.3 Å². The molecule has 1 fully saturated rings. The number of carbonyl (C=O) groups is 1. The predicted octanol–water partition coefficient (Wildman–Crippen LogP) is 2.82. The Morgan fingerprint density at radius 2 is 1.71 bits per heavy atom. The highest BCUT2D eigenvalue weighted by Gasteiger charge is 2.28. The summed E-state index contributed by atoms with van der Waals surface area (Å²) in [5.74, 6) is 1.15. The second-order valence-corrected chi connectivity index (χ2v) is 7.15. The van der Waals surface area contributed by atoms with Crippen molar-refractivity contribution in [1.82, 2.24) is 25.1 Å². The summed E-state index contributed by atoms with van der Waals surface area (Å²) >= 11 is 0. The van der Waals surface area contributed by atoms with E-state index in [2.05, 4.69) is 15.2 Å². The average Bonchev–Trinajstić information content (AvgIpc) is 3.18. The Hall–Kier alpha value is -3.48. The quantitative estimate of drug-likeness (QED) is 0.565. The van der Waals surface area contributed by atoms with Crippen molar-refractivity contribution in [3.05, 3.63) is 70.4 Å². The van der Waals surface area contributed by atoms with Crippen molar-refractivity contribution in [2.45, 2.75) is 18.8 Å². The molecule has 0 aliphatic carbocycles. The average molecular weight is 373 g/mol. The standard InChI is InChI=1S/C21H19N5O2/c27-20-15-6-2-1-5-14(15)18(24-25-20)21(28)26-11-9-13(10-12-26)19-22-16-7-3-4-8-17(16)23-19/h1-8,13H,9-12H2,(H,22,23)(H,25,27). The summed E-state index contributed by atoms with van der Waals surface area (Å²) in [5, 5.41) is 7.56. The lowest BCUT2D eigenvalue weighted by Crippen LogP contribution is -2.39. The van der Waals surface area contributed by atoms with Gasteiger partial charge in [0.05, 0.1) is 16.4 Å². The highest BCUT2D eigenvalue weighted by atomic mass is 16.2. The lowest BCUT2D eigenvalue weighted by atomic mass is 9.95. The number of aromatic nitrogens is 4. The highest BCUT2D eigenvalue weighted by molar-refractivity contribution is 6.04. The molecular formula is C21H19N5O2. The number of benzene rings is 2. The van der Waals surface area contributed by atoms with Crippen LogP contribution in [-0.2, 0) is 0 Å². The zero-order chi connectivity index (χ0) is 19.1. The molecule has 1 aliphatic heterocycles. The number of imidazole rings is 1. The number of likely N-dealkylation sites (tertiary alicyclic amines) is 1. The first-order chi connectivity index (χ1) is 13.7. The van der Waals surface area contributed by atoms with E-state index in [-0.39, 0.29) is 11.5 Å². The van der Waals surface area contributed by atoms with Crippen molar-refractivity contribution in [2.75, 3.05) is 13.1 Å². The fraction of sp³-hybridized carbons (Fsp3) is 0.238. The van der Waals surface area contributed by atoms with Crippen LogP contribution in [0.25, 0.3) is 21.8 Å². The van der Waals surface area contributed by atoms with Gasteiger partial charge in [-0.15, -0.1) is 0 Å². The second-order valence-electron chi connectivity index (χ2n) is 7.15. The van der Waals surface area contributed by atoms with Gasteiger partial charge in [-0.25, -0.2) is 10.1 Å². The number of H-pyrrole nitrogens is 2. The fourth-order valence-corrected chi connectivity index (χ4v) is 3.95. The number of hydrogen-bond donors (Lipinski definition) is 2. The molecule has 7 heteroatoms. The van der Waals surface area contributed by atoms with Crippen LogP contribution in [0.3, 0.4) is 0 Å². The number of carbonyl (C=O) groups excluding carboxylic acids is 1. The zero-order valence-corrected chi connectivity index (χ0v) is 15.2. The zero-order valence-electron chi connectivity index (χ0n) is 15.2. The molecule has 0 saturated carbocycles. The second kappa shape index (κ2) is 6.60. The Kier molecular flexibility index (Phi) is 3.93. The third-order valence-electron chi connectivity index (χ3n) is 5.48. The maximum absolute atomic E-state index is 13.0. The van der Waals surface area contributed by atoms with Gasteiger partial charge in [0.25, 0.3) is 11.5 Å². The van der Waals surface area contributed by atoms with Gasteiger partial charge in [0.15, 0.2) is 5.69 Å². The molecule has 0 unspecified atom stereocenters. The molecule has 2 aromatic carbocycles. The molecule has 4 aromatic rings. The minimum atomic E-state index is -0.282. The Morgan fingerprint density at radius 1 is 1.00 bits per heavy atom. The third kappa shape index (κ3) is 2.76. The van der Waals surface area contributed by atoms with Crippen LogP contribution in [0.1, 0.15) is 35.1 Å². The van der Waals surface area contributed by atoms with Gasteiger partial charge >= 0.3 is 0 Å². The van der Waals surface area contributed by atoms with E-state index in [0.717, 1.165) is 29.7 Å². The van der Waals surface area contributed by atoms with Gasteiger partial charge in [0, 0.05) is 24.4 Å². The van der Waals surface area contributed by atoms with Crippen LogP contribution in [-0.4, -0.2) is 44.1 Å². The van der Waals surface area contributed by atoms with Gasteiger partial charge in [0.1, 0.15) is 5.82 Å². The van der Waals surface area contributed by atoms with E-state index in [9.17, 15) is 9.59 Å². The number of para-hydroxylation sites is 2. The maximum atomic E-state index is 13.0. The Morgan fingerprint density at radius 3 is 2.50 bits per heavy atom. The number of amides is 1. The number of rotatable bonds is 2. The number of piperidine rings is 1. The molecule has 1 amide bonds. The van der Waals surface area contributed by atoms with Crippen LogP contribution in [0.4, 0.5) is 0 Å². The van der Waals surface area contributed by atoms with Crippen LogP contribution >= 0.6 is 0 Å². The molecule has 7 nitrogen and oxygen atoms in total. The molecule has 5 rings (SSSR count). The van der Waals surface area contributed by atoms with Gasteiger partial charge in [-0.3, -0.25) is 9.59 Å². The first-order valence-electron chi connectivity index (χ1n) is 9.42. The summed E-state index contributed by atoms with van der Waals surface area (Å²) in [4.78, 5) is 34.9. The van der Waals surface area contributed by atoms with E-state index >= 15 is 0 Å². The monoisotopic (exact) mass is 373 g/mol. The number of aromatic amines is 2. The van der Waals surface area contributed by atoms with E-state index < -0.39 is 0 Å². The summed E-state index contributed by atoms with van der Waals surface area (Å²) in [7, 11) is 0. The van der Waals surface area contributed by atoms with E-state index in [1.807, 2.05) is 35.2 Å². The first kappa shape index (κ1) is 16.7. The molecule has 28 heavy (non-hydrogen) atoms. The molecule has 0 bridgehead atoms. The minimum absolute atomic E-state index is 0.143. The van der Waals surface area contributed by atoms with Gasteiger partial charge in [0.2, 0.25) is 0 Å². The molecule has 140 valence electrons. The van der Waals surface area contributed by atoms with Crippen molar-refractivity contribution in [2.24, 2.45) is 0 Å². The molecule has 3 heterocycles. The number of nitrogens with one attached hydrogen (secondary N) is 2. The van der Waals surface area contributed by atoms with Crippen LogP contribution < -0.4 is 5.56 Å². The fourth-order valence-electron chi connectivity index (χ4n) is 3.95. The summed E-state index contributed by atoms with van der Waals surface area (Å²) in [5.41, 5.74) is 2.04. The van der Waals surface area contributed by atoms with Crippen molar-refractivity contribution < 1.29 is 4.79 Å². The lowest BCUT2D eigenvalue weighted by molar-refractivity contribution is 0.0706. The number of hydrogen-bond acceptors (Lipinski definition) is 4. The Balaban J connectivity index is 1.36. The van der Waals surface area contributed by atoms with Gasteiger partial charge in [-0.2, -0.15) is 5.10 Å². The topological polar surface area (TPSA) is 94.7 Å². The molecule has 1 saturated heterocycles. The van der Waals surface area contributed by atoms with E-state index in [0.29, 0.717) is 35.5 Å². The number of nitrogens with zero attached hydrogens (tertiary/aromatic N) is 3. The van der Waals surface area contributed by atoms with Crippen molar-refractivity contribution in [1.29, 1.82) is 0 Å². The highest BCUT2D eigenvalue weighted by Crippen LogP contribution is 2.28. The van der Waals surface area contributed by atoms with Gasteiger partial charge in [-0.05, 0) is 31.0 Å². The van der Waals surface area contributed by atoms with E-state index in [1.165, 1.54) is 0 Å². The minimum Gasteiger partial charge on any atom is -0.342 e. The van der Waals surface area contributed by atoms with Crippen molar-refractivity contribution in [3.63, 3.8) is 0 Å². The summed E-state index contributed by atoms with van der Waals surface area (Å²) in [6, 6.07) is 15.1. The van der Waals surface area contributed by atoms with Crippen LogP contribution in [0, 0.1) is 0 Å². The Bertz CT molecular complexity index is 1200. The molecule has 0 spiro atoms. The molecule has 0 atom stereocenters.